The minimum atomic E-state index is -0.116. The molecular weight excluding hydrogens is 302 g/mol. The van der Waals surface area contributed by atoms with Gasteiger partial charge in [0.1, 0.15) is 5.69 Å². The van der Waals surface area contributed by atoms with Crippen LogP contribution in [-0.2, 0) is 6.54 Å². The summed E-state index contributed by atoms with van der Waals surface area (Å²) in [6.45, 7) is 0.387. The second kappa shape index (κ2) is 7.00. The first kappa shape index (κ1) is 15.8. The topological polar surface area (TPSA) is 58.4 Å². The zero-order chi connectivity index (χ0) is 16.9. The Balaban J connectivity index is 1.71. The van der Waals surface area contributed by atoms with Crippen molar-refractivity contribution in [1.82, 2.24) is 10.3 Å². The number of benzene rings is 1. The van der Waals surface area contributed by atoms with E-state index in [2.05, 4.69) is 10.3 Å². The van der Waals surface area contributed by atoms with Crippen LogP contribution in [0, 0.1) is 0 Å². The average molecular weight is 321 g/mol. The summed E-state index contributed by atoms with van der Waals surface area (Å²) in [5.41, 5.74) is 3.33. The van der Waals surface area contributed by atoms with E-state index in [9.17, 15) is 4.79 Å². The molecule has 3 rings (SSSR count). The SMILES string of the molecule is CN(C)c1ccc(C(=O)NCc2cccnc2-c2ccco2)cc1. The number of carbonyl (C=O) groups excluding carboxylic acids is 1. The molecule has 0 atom stereocenters. The molecule has 0 radical (unpaired) electrons. The van der Waals surface area contributed by atoms with Gasteiger partial charge in [-0.2, -0.15) is 0 Å². The number of amides is 1. The summed E-state index contributed by atoms with van der Waals surface area (Å²) in [7, 11) is 3.93. The third-order valence-electron chi connectivity index (χ3n) is 3.73. The van der Waals surface area contributed by atoms with Gasteiger partial charge in [-0.1, -0.05) is 6.07 Å². The Morgan fingerprint density at radius 3 is 2.58 bits per heavy atom. The molecule has 0 spiro atoms. The van der Waals surface area contributed by atoms with Gasteiger partial charge in [-0.15, -0.1) is 0 Å². The Morgan fingerprint density at radius 1 is 1.12 bits per heavy atom. The molecule has 0 aliphatic rings. The molecule has 0 unspecified atom stereocenters. The first-order valence-corrected chi connectivity index (χ1v) is 7.68. The Labute approximate surface area is 140 Å². The van der Waals surface area contributed by atoms with E-state index in [0.29, 0.717) is 17.9 Å². The highest BCUT2D eigenvalue weighted by Crippen LogP contribution is 2.21. The molecule has 5 heteroatoms. The lowest BCUT2D eigenvalue weighted by molar-refractivity contribution is 0.0951. The predicted molar refractivity (Wildman–Crippen MR) is 93.9 cm³/mol. The summed E-state index contributed by atoms with van der Waals surface area (Å²) in [6, 6.07) is 14.9. The molecule has 5 nitrogen and oxygen atoms in total. The molecular formula is C19H19N3O2. The molecule has 0 bridgehead atoms. The maximum Gasteiger partial charge on any atom is 0.251 e. The van der Waals surface area contributed by atoms with E-state index < -0.39 is 0 Å². The highest BCUT2D eigenvalue weighted by molar-refractivity contribution is 5.94. The van der Waals surface area contributed by atoms with Crippen molar-refractivity contribution < 1.29 is 9.21 Å². The van der Waals surface area contributed by atoms with Crippen molar-refractivity contribution in [3.8, 4) is 11.5 Å². The molecule has 0 fully saturated rings. The second-order valence-corrected chi connectivity index (χ2v) is 5.61. The highest BCUT2D eigenvalue weighted by Gasteiger charge is 2.11. The van der Waals surface area contributed by atoms with E-state index >= 15 is 0 Å². The van der Waals surface area contributed by atoms with E-state index in [1.807, 2.05) is 67.5 Å². The number of aromatic nitrogens is 1. The number of carbonyl (C=O) groups is 1. The van der Waals surface area contributed by atoms with Crippen LogP contribution in [-0.4, -0.2) is 25.0 Å². The number of furan rings is 1. The van der Waals surface area contributed by atoms with Crippen LogP contribution in [0.3, 0.4) is 0 Å². The molecule has 2 aromatic heterocycles. The van der Waals surface area contributed by atoms with Gasteiger partial charge < -0.3 is 14.6 Å². The molecule has 0 aliphatic heterocycles. The van der Waals surface area contributed by atoms with Crippen LogP contribution in [0.15, 0.2) is 65.4 Å². The molecule has 0 aliphatic carbocycles. The smallest absolute Gasteiger partial charge is 0.251 e. The van der Waals surface area contributed by atoms with Crippen LogP contribution in [0.5, 0.6) is 0 Å². The zero-order valence-corrected chi connectivity index (χ0v) is 13.7. The first-order chi connectivity index (χ1) is 11.6. The normalized spacial score (nSPS) is 10.4. The number of hydrogen-bond acceptors (Lipinski definition) is 4. The predicted octanol–water partition coefficient (Wildman–Crippen LogP) is 3.34. The van der Waals surface area contributed by atoms with Crippen LogP contribution >= 0.6 is 0 Å². The van der Waals surface area contributed by atoms with Crippen molar-refractivity contribution in [2.24, 2.45) is 0 Å². The Kier molecular flexibility index (Phi) is 4.61. The van der Waals surface area contributed by atoms with Crippen molar-refractivity contribution in [2.45, 2.75) is 6.54 Å². The maximum atomic E-state index is 12.3. The van der Waals surface area contributed by atoms with Gasteiger partial charge in [0.25, 0.3) is 5.91 Å². The monoisotopic (exact) mass is 321 g/mol. The Morgan fingerprint density at radius 2 is 1.92 bits per heavy atom. The third-order valence-corrected chi connectivity index (χ3v) is 3.73. The van der Waals surface area contributed by atoms with Gasteiger partial charge in [-0.3, -0.25) is 9.78 Å². The molecule has 0 saturated carbocycles. The first-order valence-electron chi connectivity index (χ1n) is 7.68. The number of anilines is 1. The molecule has 0 saturated heterocycles. The minimum absolute atomic E-state index is 0.116. The van der Waals surface area contributed by atoms with Gasteiger partial charge in [0, 0.05) is 43.7 Å². The van der Waals surface area contributed by atoms with Gasteiger partial charge >= 0.3 is 0 Å². The van der Waals surface area contributed by atoms with Crippen molar-refractivity contribution >= 4 is 11.6 Å². The van der Waals surface area contributed by atoms with Crippen molar-refractivity contribution in [3.05, 3.63) is 72.1 Å². The van der Waals surface area contributed by atoms with E-state index in [1.54, 1.807) is 12.5 Å². The van der Waals surface area contributed by atoms with Gasteiger partial charge in [-0.05, 0) is 42.5 Å². The van der Waals surface area contributed by atoms with E-state index in [-0.39, 0.29) is 5.91 Å². The number of hydrogen-bond donors (Lipinski definition) is 1. The summed E-state index contributed by atoms with van der Waals surface area (Å²) in [5.74, 6) is 0.574. The summed E-state index contributed by atoms with van der Waals surface area (Å²) in [4.78, 5) is 18.7. The van der Waals surface area contributed by atoms with Crippen LogP contribution in [0.2, 0.25) is 0 Å². The molecule has 1 N–H and O–H groups in total. The van der Waals surface area contributed by atoms with Gasteiger partial charge in [0.15, 0.2) is 5.76 Å². The lowest BCUT2D eigenvalue weighted by atomic mass is 10.1. The largest absolute Gasteiger partial charge is 0.463 e. The molecule has 24 heavy (non-hydrogen) atoms. The van der Waals surface area contributed by atoms with Crippen LogP contribution in [0.25, 0.3) is 11.5 Å². The van der Waals surface area contributed by atoms with Crippen LogP contribution in [0.4, 0.5) is 5.69 Å². The van der Waals surface area contributed by atoms with E-state index in [4.69, 9.17) is 4.42 Å². The summed E-state index contributed by atoms with van der Waals surface area (Å²) >= 11 is 0. The summed E-state index contributed by atoms with van der Waals surface area (Å²) < 4.78 is 5.41. The standard InChI is InChI=1S/C19H19N3O2/c1-22(2)16-9-7-14(8-10-16)19(23)21-13-15-5-3-11-20-18(15)17-6-4-12-24-17/h3-12H,13H2,1-2H3,(H,21,23). The van der Waals surface area contributed by atoms with Crippen molar-refractivity contribution in [3.63, 3.8) is 0 Å². The Hall–Kier alpha value is -3.08. The average Bonchev–Trinajstić information content (AvgIpc) is 3.14. The fourth-order valence-corrected chi connectivity index (χ4v) is 2.40. The summed E-state index contributed by atoms with van der Waals surface area (Å²) in [6.07, 6.45) is 3.32. The van der Waals surface area contributed by atoms with Crippen LogP contribution in [0.1, 0.15) is 15.9 Å². The number of nitrogens with zero attached hydrogens (tertiary/aromatic N) is 2. The molecule has 3 aromatic rings. The lowest BCUT2D eigenvalue weighted by Gasteiger charge is -2.13. The molecule has 1 amide bonds. The summed E-state index contributed by atoms with van der Waals surface area (Å²) in [5, 5.41) is 2.93. The highest BCUT2D eigenvalue weighted by atomic mass is 16.3. The molecule has 1 aromatic carbocycles. The minimum Gasteiger partial charge on any atom is -0.463 e. The second-order valence-electron chi connectivity index (χ2n) is 5.61. The molecule has 122 valence electrons. The van der Waals surface area contributed by atoms with E-state index in [1.165, 1.54) is 0 Å². The zero-order valence-electron chi connectivity index (χ0n) is 13.7. The molecule has 2 heterocycles. The fraction of sp³-hybridized carbons (Fsp3) is 0.158. The quantitative estimate of drug-likeness (QED) is 0.783. The van der Waals surface area contributed by atoms with E-state index in [0.717, 1.165) is 16.9 Å². The van der Waals surface area contributed by atoms with Crippen LogP contribution < -0.4 is 10.2 Å². The number of pyridine rings is 1. The Bertz CT molecular complexity index is 809. The maximum absolute atomic E-state index is 12.3. The third kappa shape index (κ3) is 3.46. The lowest BCUT2D eigenvalue weighted by Crippen LogP contribution is -2.23. The van der Waals surface area contributed by atoms with Crippen molar-refractivity contribution in [1.29, 1.82) is 0 Å². The van der Waals surface area contributed by atoms with Gasteiger partial charge in [-0.25, -0.2) is 0 Å². The number of nitrogens with one attached hydrogen (secondary N) is 1. The fourth-order valence-electron chi connectivity index (χ4n) is 2.40. The van der Waals surface area contributed by atoms with Gasteiger partial charge in [0.05, 0.1) is 6.26 Å². The van der Waals surface area contributed by atoms with Crippen molar-refractivity contribution in [2.75, 3.05) is 19.0 Å². The van der Waals surface area contributed by atoms with Gasteiger partial charge in [0.2, 0.25) is 0 Å². The number of rotatable bonds is 5.